The van der Waals surface area contributed by atoms with E-state index in [1.807, 2.05) is 0 Å². The minimum atomic E-state index is -3.53. The highest BCUT2D eigenvalue weighted by molar-refractivity contribution is 7.99. The van der Waals surface area contributed by atoms with Crippen molar-refractivity contribution in [1.29, 1.82) is 0 Å². The van der Waals surface area contributed by atoms with E-state index in [1.165, 1.54) is 16.4 Å². The third-order valence-corrected chi connectivity index (χ3v) is 7.12. The summed E-state index contributed by atoms with van der Waals surface area (Å²) in [5.41, 5.74) is 0. The maximum Gasteiger partial charge on any atom is 0.243 e. The number of nitrogens with one attached hydrogen (secondary N) is 1. The SMILES string of the molecule is Cl.O=C(C1CSCN1)N1CCN(S(=O)(=O)c2ccc(Cl)cc2)CC1. The molecule has 1 amide bonds. The minimum absolute atomic E-state index is 0. The summed E-state index contributed by atoms with van der Waals surface area (Å²) in [6, 6.07) is 6.01. The topological polar surface area (TPSA) is 69.7 Å². The second-order valence-electron chi connectivity index (χ2n) is 5.46. The summed E-state index contributed by atoms with van der Waals surface area (Å²) >= 11 is 7.51. The van der Waals surface area contributed by atoms with Gasteiger partial charge in [0.1, 0.15) is 0 Å². The van der Waals surface area contributed by atoms with Crippen LogP contribution in [0.15, 0.2) is 29.2 Å². The largest absolute Gasteiger partial charge is 0.339 e. The Balaban J connectivity index is 0.00000208. The number of carbonyl (C=O) groups is 1. The molecular formula is C14H19Cl2N3O3S2. The van der Waals surface area contributed by atoms with Crippen LogP contribution in [0.5, 0.6) is 0 Å². The molecule has 1 unspecified atom stereocenters. The number of carbonyl (C=O) groups excluding carboxylic acids is 1. The second-order valence-corrected chi connectivity index (χ2v) is 8.86. The monoisotopic (exact) mass is 411 g/mol. The quantitative estimate of drug-likeness (QED) is 0.810. The summed E-state index contributed by atoms with van der Waals surface area (Å²) in [6.07, 6.45) is 0. The zero-order valence-electron chi connectivity index (χ0n) is 12.9. The van der Waals surface area contributed by atoms with Gasteiger partial charge in [-0.1, -0.05) is 11.6 Å². The van der Waals surface area contributed by atoms with E-state index in [4.69, 9.17) is 11.6 Å². The van der Waals surface area contributed by atoms with Gasteiger partial charge in [0.25, 0.3) is 0 Å². The van der Waals surface area contributed by atoms with Crippen molar-refractivity contribution in [2.45, 2.75) is 10.9 Å². The van der Waals surface area contributed by atoms with E-state index in [9.17, 15) is 13.2 Å². The molecule has 10 heteroatoms. The zero-order chi connectivity index (χ0) is 16.4. The van der Waals surface area contributed by atoms with Gasteiger partial charge in [0.2, 0.25) is 15.9 Å². The van der Waals surface area contributed by atoms with Gasteiger partial charge in [0.05, 0.1) is 10.9 Å². The van der Waals surface area contributed by atoms with Crippen LogP contribution in [0, 0.1) is 0 Å². The van der Waals surface area contributed by atoms with Gasteiger partial charge in [-0.3, -0.25) is 10.1 Å². The van der Waals surface area contributed by atoms with E-state index < -0.39 is 10.0 Å². The van der Waals surface area contributed by atoms with Gasteiger partial charge in [-0.05, 0) is 24.3 Å². The molecule has 6 nitrogen and oxygen atoms in total. The number of sulfonamides is 1. The Labute approximate surface area is 157 Å². The molecule has 1 atom stereocenters. The lowest BCUT2D eigenvalue weighted by atomic mass is 10.2. The van der Waals surface area contributed by atoms with Crippen LogP contribution in [-0.4, -0.2) is 67.4 Å². The van der Waals surface area contributed by atoms with E-state index in [-0.39, 0.29) is 29.3 Å². The van der Waals surface area contributed by atoms with E-state index >= 15 is 0 Å². The fraction of sp³-hybridized carbons (Fsp3) is 0.500. The van der Waals surface area contributed by atoms with Crippen molar-refractivity contribution in [3.63, 3.8) is 0 Å². The van der Waals surface area contributed by atoms with Crippen LogP contribution in [0.25, 0.3) is 0 Å². The average Bonchev–Trinajstić information content (AvgIpc) is 3.09. The molecule has 0 radical (unpaired) electrons. The Morgan fingerprint density at radius 1 is 1.17 bits per heavy atom. The number of rotatable bonds is 3. The molecule has 2 fully saturated rings. The van der Waals surface area contributed by atoms with E-state index in [1.54, 1.807) is 28.8 Å². The average molecular weight is 412 g/mol. The minimum Gasteiger partial charge on any atom is -0.339 e. The number of hydrogen-bond acceptors (Lipinski definition) is 5. The first-order valence-electron chi connectivity index (χ1n) is 7.34. The fourth-order valence-corrected chi connectivity index (χ4v) is 5.16. The maximum absolute atomic E-state index is 12.6. The van der Waals surface area contributed by atoms with E-state index in [2.05, 4.69) is 5.32 Å². The van der Waals surface area contributed by atoms with Gasteiger partial charge in [-0.15, -0.1) is 24.2 Å². The van der Waals surface area contributed by atoms with Crippen molar-refractivity contribution in [3.8, 4) is 0 Å². The van der Waals surface area contributed by atoms with Crippen LogP contribution in [0.2, 0.25) is 5.02 Å². The van der Waals surface area contributed by atoms with Gasteiger partial charge in [-0.25, -0.2) is 8.42 Å². The Bertz CT molecular complexity index is 671. The molecule has 24 heavy (non-hydrogen) atoms. The van der Waals surface area contributed by atoms with Crippen molar-refractivity contribution in [2.24, 2.45) is 0 Å². The number of piperazine rings is 1. The first-order chi connectivity index (χ1) is 11.0. The summed E-state index contributed by atoms with van der Waals surface area (Å²) in [4.78, 5) is 14.3. The zero-order valence-corrected chi connectivity index (χ0v) is 16.1. The van der Waals surface area contributed by atoms with Crippen molar-refractivity contribution in [3.05, 3.63) is 29.3 Å². The number of amides is 1. The Hall–Kier alpha value is -0.510. The van der Waals surface area contributed by atoms with Gasteiger partial charge < -0.3 is 4.90 Å². The van der Waals surface area contributed by atoms with Crippen molar-refractivity contribution < 1.29 is 13.2 Å². The normalized spacial score (nSPS) is 22.2. The van der Waals surface area contributed by atoms with Gasteiger partial charge in [0, 0.05) is 42.8 Å². The molecule has 134 valence electrons. The van der Waals surface area contributed by atoms with Crippen LogP contribution in [-0.2, 0) is 14.8 Å². The first-order valence-corrected chi connectivity index (χ1v) is 10.3. The predicted molar refractivity (Wildman–Crippen MR) is 98.3 cm³/mol. The molecule has 1 N–H and O–H groups in total. The highest BCUT2D eigenvalue weighted by atomic mass is 35.5. The van der Waals surface area contributed by atoms with Crippen LogP contribution in [0.1, 0.15) is 0 Å². The molecular weight excluding hydrogens is 393 g/mol. The molecule has 0 bridgehead atoms. The molecule has 0 aliphatic carbocycles. The first kappa shape index (κ1) is 19.8. The molecule has 2 saturated heterocycles. The molecule has 3 rings (SSSR count). The molecule has 2 aliphatic heterocycles. The Morgan fingerprint density at radius 3 is 2.33 bits per heavy atom. The maximum atomic E-state index is 12.6. The van der Waals surface area contributed by atoms with Crippen LogP contribution in [0.4, 0.5) is 0 Å². The number of hydrogen-bond donors (Lipinski definition) is 1. The highest BCUT2D eigenvalue weighted by Gasteiger charge is 2.33. The van der Waals surface area contributed by atoms with Crippen molar-refractivity contribution >= 4 is 51.7 Å². The summed E-state index contributed by atoms with van der Waals surface area (Å²) in [7, 11) is -3.53. The lowest BCUT2D eigenvalue weighted by Crippen LogP contribution is -2.54. The Morgan fingerprint density at radius 2 is 1.79 bits per heavy atom. The third kappa shape index (κ3) is 4.17. The van der Waals surface area contributed by atoms with E-state index in [0.29, 0.717) is 31.2 Å². The second kappa shape index (κ2) is 8.25. The fourth-order valence-electron chi connectivity index (χ4n) is 2.68. The molecule has 1 aromatic carbocycles. The van der Waals surface area contributed by atoms with Gasteiger partial charge in [0.15, 0.2) is 0 Å². The molecule has 2 heterocycles. The molecule has 0 spiro atoms. The standard InChI is InChI=1S/C14H18ClN3O3S2.ClH/c15-11-1-3-12(4-2-11)23(20,21)18-7-5-17(6-8-18)14(19)13-9-22-10-16-13;/h1-4,13,16H,5-10H2;1H. The smallest absolute Gasteiger partial charge is 0.243 e. The van der Waals surface area contributed by atoms with Crippen LogP contribution < -0.4 is 5.32 Å². The summed E-state index contributed by atoms with van der Waals surface area (Å²) in [6.45, 7) is 1.48. The van der Waals surface area contributed by atoms with Crippen LogP contribution >= 0.6 is 35.8 Å². The molecule has 2 aliphatic rings. The summed E-state index contributed by atoms with van der Waals surface area (Å²) in [5.74, 6) is 1.64. The number of nitrogens with zero attached hydrogens (tertiary/aromatic N) is 2. The number of halogens is 2. The lowest BCUT2D eigenvalue weighted by molar-refractivity contribution is -0.133. The molecule has 0 aromatic heterocycles. The van der Waals surface area contributed by atoms with Crippen LogP contribution in [0.3, 0.4) is 0 Å². The predicted octanol–water partition coefficient (Wildman–Crippen LogP) is 1.26. The molecule has 1 aromatic rings. The summed E-state index contributed by atoms with van der Waals surface area (Å²) < 4.78 is 26.6. The van der Waals surface area contributed by atoms with Crippen molar-refractivity contribution in [1.82, 2.24) is 14.5 Å². The molecule has 0 saturated carbocycles. The summed E-state index contributed by atoms with van der Waals surface area (Å²) in [5, 5.41) is 3.65. The number of benzene rings is 1. The highest BCUT2D eigenvalue weighted by Crippen LogP contribution is 2.20. The van der Waals surface area contributed by atoms with Gasteiger partial charge >= 0.3 is 0 Å². The lowest BCUT2D eigenvalue weighted by Gasteiger charge is -2.35. The number of thioether (sulfide) groups is 1. The van der Waals surface area contributed by atoms with Crippen molar-refractivity contribution in [2.75, 3.05) is 37.8 Å². The third-order valence-electron chi connectivity index (χ3n) is 4.02. The Kier molecular flexibility index (Phi) is 6.81. The van der Waals surface area contributed by atoms with Gasteiger partial charge in [-0.2, -0.15) is 4.31 Å². The van der Waals surface area contributed by atoms with E-state index in [0.717, 1.165) is 11.6 Å².